The predicted molar refractivity (Wildman–Crippen MR) is 117 cm³/mol. The molecule has 0 atom stereocenters. The van der Waals surface area contributed by atoms with Crippen LogP contribution in [0.2, 0.25) is 0 Å². The van der Waals surface area contributed by atoms with Gasteiger partial charge in [0.25, 0.3) is 0 Å². The number of hydrogen-bond acceptors (Lipinski definition) is 3. The van der Waals surface area contributed by atoms with Crippen molar-refractivity contribution < 1.29 is 0 Å². The molecule has 3 aromatic rings. The molecule has 2 aliphatic heterocycles. The molecular formula is C24H23NS2. The van der Waals surface area contributed by atoms with Gasteiger partial charge in [-0.15, -0.1) is 23.1 Å². The minimum absolute atomic E-state index is 1.07. The first-order chi connectivity index (χ1) is 13.4. The SMILES string of the molecule is c1ccc(CN2CCC(=C3c4ccccc4CSc4sccc43)CC2)cc1. The third-order valence-electron chi connectivity index (χ3n) is 5.61. The maximum Gasteiger partial charge on any atom is 0.0680 e. The molecule has 0 spiro atoms. The van der Waals surface area contributed by atoms with E-state index in [0.717, 1.165) is 25.4 Å². The van der Waals surface area contributed by atoms with Gasteiger partial charge in [-0.25, -0.2) is 0 Å². The molecule has 3 heterocycles. The lowest BCUT2D eigenvalue weighted by atomic mass is 9.87. The summed E-state index contributed by atoms with van der Waals surface area (Å²) in [5.74, 6) is 1.08. The molecule has 0 amide bonds. The second kappa shape index (κ2) is 7.67. The van der Waals surface area contributed by atoms with E-state index in [1.165, 1.54) is 44.9 Å². The zero-order valence-corrected chi connectivity index (χ0v) is 17.0. The highest BCUT2D eigenvalue weighted by atomic mass is 32.2. The van der Waals surface area contributed by atoms with Gasteiger partial charge in [-0.2, -0.15) is 0 Å². The number of benzene rings is 2. The highest BCUT2D eigenvalue weighted by Crippen LogP contribution is 2.45. The Morgan fingerprint density at radius 3 is 2.44 bits per heavy atom. The van der Waals surface area contributed by atoms with Gasteiger partial charge in [-0.05, 0) is 46.6 Å². The van der Waals surface area contributed by atoms with Crippen LogP contribution in [-0.2, 0) is 12.3 Å². The van der Waals surface area contributed by atoms with Crippen LogP contribution >= 0.6 is 23.1 Å². The number of nitrogens with zero attached hydrogens (tertiary/aromatic N) is 1. The van der Waals surface area contributed by atoms with Crippen LogP contribution in [0, 0.1) is 0 Å². The molecule has 1 aromatic heterocycles. The number of rotatable bonds is 2. The zero-order chi connectivity index (χ0) is 18.1. The predicted octanol–water partition coefficient (Wildman–Crippen LogP) is 6.45. The van der Waals surface area contributed by atoms with Gasteiger partial charge in [0.1, 0.15) is 0 Å². The smallest absolute Gasteiger partial charge is 0.0680 e. The Hall–Kier alpha value is -1.81. The Morgan fingerprint density at radius 2 is 1.59 bits per heavy atom. The quantitative estimate of drug-likeness (QED) is 0.495. The highest BCUT2D eigenvalue weighted by molar-refractivity contribution is 8.00. The number of thiophene rings is 1. The molecule has 0 N–H and O–H groups in total. The van der Waals surface area contributed by atoms with Crippen LogP contribution in [0.3, 0.4) is 0 Å². The van der Waals surface area contributed by atoms with E-state index in [2.05, 4.69) is 70.9 Å². The second-order valence-corrected chi connectivity index (χ2v) is 9.47. The van der Waals surface area contributed by atoms with Gasteiger partial charge in [-0.3, -0.25) is 4.90 Å². The van der Waals surface area contributed by atoms with Crippen molar-refractivity contribution in [3.63, 3.8) is 0 Å². The third-order valence-corrected chi connectivity index (χ3v) is 7.89. The van der Waals surface area contributed by atoms with Crippen LogP contribution in [0.15, 0.2) is 75.8 Å². The molecule has 3 heteroatoms. The first kappa shape index (κ1) is 17.3. The minimum atomic E-state index is 1.07. The summed E-state index contributed by atoms with van der Waals surface area (Å²) < 4.78 is 1.49. The van der Waals surface area contributed by atoms with E-state index in [4.69, 9.17) is 0 Å². The van der Waals surface area contributed by atoms with Crippen LogP contribution < -0.4 is 0 Å². The first-order valence-electron chi connectivity index (χ1n) is 9.66. The van der Waals surface area contributed by atoms with Gasteiger partial charge in [0.05, 0.1) is 4.21 Å². The fraction of sp³-hybridized carbons (Fsp3) is 0.250. The average molecular weight is 390 g/mol. The molecule has 5 rings (SSSR count). The van der Waals surface area contributed by atoms with E-state index in [0.29, 0.717) is 0 Å². The Labute approximate surface area is 169 Å². The third kappa shape index (κ3) is 3.52. The van der Waals surface area contributed by atoms with Crippen LogP contribution in [0.25, 0.3) is 5.57 Å². The molecular weight excluding hydrogens is 366 g/mol. The van der Waals surface area contributed by atoms with Crippen molar-refractivity contribution in [2.45, 2.75) is 29.3 Å². The number of piperidine rings is 1. The molecule has 27 heavy (non-hydrogen) atoms. The molecule has 0 saturated carbocycles. The van der Waals surface area contributed by atoms with Crippen molar-refractivity contribution in [2.24, 2.45) is 0 Å². The van der Waals surface area contributed by atoms with Crippen molar-refractivity contribution in [3.8, 4) is 0 Å². The first-order valence-corrected chi connectivity index (χ1v) is 11.5. The molecule has 0 radical (unpaired) electrons. The van der Waals surface area contributed by atoms with Crippen molar-refractivity contribution in [1.82, 2.24) is 4.90 Å². The van der Waals surface area contributed by atoms with Crippen LogP contribution in [0.4, 0.5) is 0 Å². The van der Waals surface area contributed by atoms with Crippen molar-refractivity contribution in [3.05, 3.63) is 93.9 Å². The topological polar surface area (TPSA) is 3.24 Å². The lowest BCUT2D eigenvalue weighted by Crippen LogP contribution is -2.30. The Morgan fingerprint density at radius 1 is 0.815 bits per heavy atom. The van der Waals surface area contributed by atoms with E-state index in [9.17, 15) is 0 Å². The van der Waals surface area contributed by atoms with Gasteiger partial charge in [0.15, 0.2) is 0 Å². The Balaban J connectivity index is 1.45. The maximum absolute atomic E-state index is 2.60. The highest BCUT2D eigenvalue weighted by Gasteiger charge is 2.24. The molecule has 2 aromatic carbocycles. The van der Waals surface area contributed by atoms with Gasteiger partial charge in [-0.1, -0.05) is 60.2 Å². The Bertz CT molecular complexity index is 961. The summed E-state index contributed by atoms with van der Waals surface area (Å²) in [5.41, 5.74) is 9.03. The number of thioether (sulfide) groups is 1. The monoisotopic (exact) mass is 389 g/mol. The van der Waals surface area contributed by atoms with Gasteiger partial charge < -0.3 is 0 Å². The van der Waals surface area contributed by atoms with E-state index in [1.54, 1.807) is 5.57 Å². The summed E-state index contributed by atoms with van der Waals surface area (Å²) >= 11 is 3.90. The lowest BCUT2D eigenvalue weighted by molar-refractivity contribution is 0.248. The molecule has 136 valence electrons. The van der Waals surface area contributed by atoms with E-state index in [1.807, 2.05) is 23.1 Å². The second-order valence-electron chi connectivity index (χ2n) is 7.31. The van der Waals surface area contributed by atoms with E-state index in [-0.39, 0.29) is 0 Å². The van der Waals surface area contributed by atoms with Gasteiger partial charge >= 0.3 is 0 Å². The maximum atomic E-state index is 2.60. The molecule has 1 saturated heterocycles. The molecule has 0 unspecified atom stereocenters. The fourth-order valence-corrected chi connectivity index (χ4v) is 6.33. The molecule has 2 aliphatic rings. The van der Waals surface area contributed by atoms with Crippen LogP contribution in [0.1, 0.15) is 35.1 Å². The summed E-state index contributed by atoms with van der Waals surface area (Å²) in [5, 5.41) is 2.26. The van der Waals surface area contributed by atoms with Crippen LogP contribution in [0.5, 0.6) is 0 Å². The number of hydrogen-bond donors (Lipinski definition) is 0. The van der Waals surface area contributed by atoms with E-state index < -0.39 is 0 Å². The molecule has 0 bridgehead atoms. The van der Waals surface area contributed by atoms with Crippen molar-refractivity contribution in [1.29, 1.82) is 0 Å². The average Bonchev–Trinajstić information content (AvgIpc) is 3.12. The van der Waals surface area contributed by atoms with Gasteiger partial charge in [0, 0.05) is 31.0 Å². The fourth-order valence-electron chi connectivity index (χ4n) is 4.22. The summed E-state index contributed by atoms with van der Waals surface area (Å²) in [6, 6.07) is 22.2. The summed E-state index contributed by atoms with van der Waals surface area (Å²) in [6.07, 6.45) is 2.35. The minimum Gasteiger partial charge on any atom is -0.298 e. The molecule has 0 aliphatic carbocycles. The van der Waals surface area contributed by atoms with Crippen molar-refractivity contribution in [2.75, 3.05) is 13.1 Å². The molecule has 1 nitrogen and oxygen atoms in total. The largest absolute Gasteiger partial charge is 0.298 e. The number of fused-ring (bicyclic) bond motifs is 2. The normalized spacial score (nSPS) is 17.3. The van der Waals surface area contributed by atoms with Crippen molar-refractivity contribution >= 4 is 28.7 Å². The lowest BCUT2D eigenvalue weighted by Gasteiger charge is -2.30. The van der Waals surface area contributed by atoms with E-state index >= 15 is 0 Å². The summed E-state index contributed by atoms with van der Waals surface area (Å²) in [6.45, 7) is 3.38. The summed E-state index contributed by atoms with van der Waals surface area (Å²) in [4.78, 5) is 2.60. The van der Waals surface area contributed by atoms with Gasteiger partial charge in [0.2, 0.25) is 0 Å². The molecule has 1 fully saturated rings. The number of likely N-dealkylation sites (tertiary alicyclic amines) is 1. The van der Waals surface area contributed by atoms with Crippen LogP contribution in [-0.4, -0.2) is 18.0 Å². The standard InChI is InChI=1S/C24H23NS2/c1-2-6-18(7-3-1)16-25-13-10-19(11-14-25)23-21-9-5-4-8-20(21)17-27-24-22(23)12-15-26-24/h1-9,12,15H,10-11,13-14,16-17H2. The summed E-state index contributed by atoms with van der Waals surface area (Å²) in [7, 11) is 0. The zero-order valence-electron chi connectivity index (χ0n) is 15.4. The Kier molecular flexibility index (Phi) is 4.91.